The van der Waals surface area contributed by atoms with Gasteiger partial charge in [0.15, 0.2) is 0 Å². The van der Waals surface area contributed by atoms with Crippen molar-refractivity contribution >= 4 is 46.0 Å². The van der Waals surface area contributed by atoms with Gasteiger partial charge in [-0.1, -0.05) is 41.6 Å². The number of nitrogens with one attached hydrogen (secondary N) is 2. The molecule has 0 aliphatic heterocycles. The molecule has 0 unspecified atom stereocenters. The fourth-order valence-electron chi connectivity index (χ4n) is 2.80. The number of para-hydroxylation sites is 2. The Morgan fingerprint density at radius 3 is 2.90 bits per heavy atom. The Hall–Kier alpha value is -2.84. The summed E-state index contributed by atoms with van der Waals surface area (Å²) >= 11 is 7.27. The molecule has 0 bridgehead atoms. The Labute approximate surface area is 176 Å². The maximum atomic E-state index is 12.2. The molecule has 7 nitrogen and oxygen atoms in total. The summed E-state index contributed by atoms with van der Waals surface area (Å²) in [4.78, 5) is 20.0. The molecule has 2 aromatic carbocycles. The molecule has 0 spiro atoms. The van der Waals surface area contributed by atoms with Gasteiger partial charge in [0.1, 0.15) is 5.82 Å². The SMILES string of the molecule is Cc1c(Cl)cccc1NC(=O)CSc1nnc(CCc2nc3ccccc3[nH]2)o1. The van der Waals surface area contributed by atoms with Crippen LogP contribution in [0.4, 0.5) is 5.69 Å². The Bertz CT molecular complexity index is 1120. The van der Waals surface area contributed by atoms with Crippen molar-refractivity contribution in [3.8, 4) is 0 Å². The third-order valence-electron chi connectivity index (χ3n) is 4.33. The molecule has 0 fully saturated rings. The number of H-pyrrole nitrogens is 1. The number of amides is 1. The number of fused-ring (bicyclic) bond motifs is 1. The lowest BCUT2D eigenvalue weighted by atomic mass is 10.2. The zero-order valence-electron chi connectivity index (χ0n) is 15.6. The molecule has 0 saturated heterocycles. The van der Waals surface area contributed by atoms with Crippen LogP contribution >= 0.6 is 23.4 Å². The van der Waals surface area contributed by atoms with Gasteiger partial charge in [0.2, 0.25) is 11.8 Å². The average molecular weight is 428 g/mol. The molecule has 0 saturated carbocycles. The highest BCUT2D eigenvalue weighted by atomic mass is 35.5. The lowest BCUT2D eigenvalue weighted by molar-refractivity contribution is -0.113. The number of aromatic amines is 1. The lowest BCUT2D eigenvalue weighted by Crippen LogP contribution is -2.14. The highest BCUT2D eigenvalue weighted by Crippen LogP contribution is 2.24. The summed E-state index contributed by atoms with van der Waals surface area (Å²) in [6, 6.07) is 13.3. The molecule has 0 aliphatic carbocycles. The number of thioether (sulfide) groups is 1. The van der Waals surface area contributed by atoms with Gasteiger partial charge in [-0.2, -0.15) is 0 Å². The van der Waals surface area contributed by atoms with Gasteiger partial charge in [0, 0.05) is 23.6 Å². The van der Waals surface area contributed by atoms with Crippen molar-refractivity contribution in [1.29, 1.82) is 0 Å². The number of hydrogen-bond acceptors (Lipinski definition) is 6. The van der Waals surface area contributed by atoms with E-state index in [9.17, 15) is 4.79 Å². The minimum atomic E-state index is -0.164. The van der Waals surface area contributed by atoms with E-state index in [1.165, 1.54) is 11.8 Å². The Morgan fingerprint density at radius 1 is 1.17 bits per heavy atom. The first-order valence-electron chi connectivity index (χ1n) is 9.02. The van der Waals surface area contributed by atoms with Crippen molar-refractivity contribution in [1.82, 2.24) is 20.2 Å². The highest BCUT2D eigenvalue weighted by molar-refractivity contribution is 7.99. The molecule has 0 atom stereocenters. The molecular weight excluding hydrogens is 410 g/mol. The Kier molecular flexibility index (Phi) is 5.82. The summed E-state index contributed by atoms with van der Waals surface area (Å²) in [7, 11) is 0. The van der Waals surface area contributed by atoms with Gasteiger partial charge >= 0.3 is 0 Å². The number of anilines is 1. The standard InChI is InChI=1S/C20H18ClN5O2S/c1-12-13(21)5-4-8-14(12)24-18(27)11-29-20-26-25-19(28-20)10-9-17-22-15-6-2-3-7-16(15)23-17/h2-8H,9-11H2,1H3,(H,22,23)(H,24,27). The van der Waals surface area contributed by atoms with Crippen molar-refractivity contribution in [3.05, 3.63) is 64.8 Å². The summed E-state index contributed by atoms with van der Waals surface area (Å²) in [5.74, 6) is 1.38. The van der Waals surface area contributed by atoms with E-state index in [1.54, 1.807) is 12.1 Å². The lowest BCUT2D eigenvalue weighted by Gasteiger charge is -2.08. The van der Waals surface area contributed by atoms with E-state index in [2.05, 4.69) is 25.5 Å². The monoisotopic (exact) mass is 427 g/mol. The average Bonchev–Trinajstić information content (AvgIpc) is 3.34. The third kappa shape index (κ3) is 4.78. The minimum absolute atomic E-state index is 0.164. The van der Waals surface area contributed by atoms with Crippen molar-refractivity contribution in [3.63, 3.8) is 0 Å². The van der Waals surface area contributed by atoms with Crippen LogP contribution in [-0.4, -0.2) is 31.8 Å². The number of aromatic nitrogens is 4. The number of nitrogens with zero attached hydrogens (tertiary/aromatic N) is 3. The molecule has 0 radical (unpaired) electrons. The molecule has 148 valence electrons. The molecule has 2 N–H and O–H groups in total. The molecule has 29 heavy (non-hydrogen) atoms. The molecule has 2 aromatic heterocycles. The minimum Gasteiger partial charge on any atom is -0.416 e. The van der Waals surface area contributed by atoms with Crippen molar-refractivity contribution in [2.45, 2.75) is 25.0 Å². The van der Waals surface area contributed by atoms with Crippen LogP contribution in [0.2, 0.25) is 5.02 Å². The summed E-state index contributed by atoms with van der Waals surface area (Å²) in [6.45, 7) is 1.86. The fraction of sp³-hybridized carbons (Fsp3) is 0.200. The number of halogens is 1. The zero-order valence-corrected chi connectivity index (χ0v) is 17.2. The smallest absolute Gasteiger partial charge is 0.277 e. The first-order chi connectivity index (χ1) is 14.1. The third-order valence-corrected chi connectivity index (χ3v) is 5.56. The van der Waals surface area contributed by atoms with E-state index >= 15 is 0 Å². The molecular formula is C20H18ClN5O2S. The summed E-state index contributed by atoms with van der Waals surface area (Å²) in [5.41, 5.74) is 3.47. The summed E-state index contributed by atoms with van der Waals surface area (Å²) in [5, 5.41) is 11.9. The summed E-state index contributed by atoms with van der Waals surface area (Å²) < 4.78 is 5.62. The van der Waals surface area contributed by atoms with Crippen molar-refractivity contribution in [2.75, 3.05) is 11.1 Å². The van der Waals surface area contributed by atoms with E-state index in [-0.39, 0.29) is 11.7 Å². The number of aryl methyl sites for hydroxylation is 2. The van der Waals surface area contributed by atoms with Crippen LogP contribution in [0, 0.1) is 6.92 Å². The topological polar surface area (TPSA) is 96.7 Å². The van der Waals surface area contributed by atoms with Gasteiger partial charge in [0.25, 0.3) is 5.22 Å². The highest BCUT2D eigenvalue weighted by Gasteiger charge is 2.12. The van der Waals surface area contributed by atoms with Crippen LogP contribution < -0.4 is 5.32 Å². The molecule has 2 heterocycles. The van der Waals surface area contributed by atoms with Gasteiger partial charge in [-0.15, -0.1) is 10.2 Å². The van der Waals surface area contributed by atoms with Gasteiger partial charge < -0.3 is 14.7 Å². The maximum Gasteiger partial charge on any atom is 0.277 e. The van der Waals surface area contributed by atoms with Crippen molar-refractivity contribution in [2.24, 2.45) is 0 Å². The van der Waals surface area contributed by atoms with Gasteiger partial charge in [-0.25, -0.2) is 4.98 Å². The van der Waals surface area contributed by atoms with Crippen LogP contribution in [0.15, 0.2) is 52.1 Å². The van der Waals surface area contributed by atoms with Crippen LogP contribution in [0.1, 0.15) is 17.3 Å². The van der Waals surface area contributed by atoms with E-state index in [4.69, 9.17) is 16.0 Å². The van der Waals surface area contributed by atoms with E-state index in [0.29, 0.717) is 34.7 Å². The quantitative estimate of drug-likeness (QED) is 0.423. The summed E-state index contributed by atoms with van der Waals surface area (Å²) in [6.07, 6.45) is 1.23. The van der Waals surface area contributed by atoms with Gasteiger partial charge in [0.05, 0.1) is 16.8 Å². The second-order valence-corrected chi connectivity index (χ2v) is 7.75. The molecule has 1 amide bonds. The number of carbonyl (C=O) groups is 1. The predicted octanol–water partition coefficient (Wildman–Crippen LogP) is 4.42. The van der Waals surface area contributed by atoms with Crippen molar-refractivity contribution < 1.29 is 9.21 Å². The number of hydrogen-bond donors (Lipinski definition) is 2. The van der Waals surface area contributed by atoms with Crippen LogP contribution in [0.5, 0.6) is 0 Å². The number of carbonyl (C=O) groups excluding carboxylic acids is 1. The first kappa shape index (κ1) is 19.5. The van der Waals surface area contributed by atoms with Crippen LogP contribution in [-0.2, 0) is 17.6 Å². The Morgan fingerprint density at radius 2 is 2.03 bits per heavy atom. The zero-order chi connectivity index (χ0) is 20.2. The van der Waals surface area contributed by atoms with E-state index in [1.807, 2.05) is 37.3 Å². The van der Waals surface area contributed by atoms with Crippen LogP contribution in [0.25, 0.3) is 11.0 Å². The Balaban J connectivity index is 1.28. The van der Waals surface area contributed by atoms with E-state index < -0.39 is 0 Å². The fourth-order valence-corrected chi connectivity index (χ4v) is 3.56. The van der Waals surface area contributed by atoms with Gasteiger partial charge in [-0.3, -0.25) is 4.79 Å². The normalized spacial score (nSPS) is 11.1. The molecule has 9 heteroatoms. The number of rotatable bonds is 7. The van der Waals surface area contributed by atoms with E-state index in [0.717, 1.165) is 22.4 Å². The molecule has 4 aromatic rings. The predicted molar refractivity (Wildman–Crippen MR) is 113 cm³/mol. The molecule has 4 rings (SSSR count). The van der Waals surface area contributed by atoms with Crippen LogP contribution in [0.3, 0.4) is 0 Å². The number of imidazole rings is 1. The first-order valence-corrected chi connectivity index (χ1v) is 10.4. The maximum absolute atomic E-state index is 12.2. The second-order valence-electron chi connectivity index (χ2n) is 6.41. The molecule has 0 aliphatic rings. The van der Waals surface area contributed by atoms with Gasteiger partial charge in [-0.05, 0) is 36.8 Å². The number of benzene rings is 2. The largest absolute Gasteiger partial charge is 0.416 e. The second kappa shape index (κ2) is 8.67.